The molecule has 0 saturated heterocycles. The van der Waals surface area contributed by atoms with Crippen LogP contribution in [0.4, 0.5) is 17.1 Å². The summed E-state index contributed by atoms with van der Waals surface area (Å²) in [7, 11) is 0. The summed E-state index contributed by atoms with van der Waals surface area (Å²) in [5.74, 6) is 0. The fourth-order valence-corrected chi connectivity index (χ4v) is 8.72. The maximum Gasteiger partial charge on any atom is 0.0541 e. The van der Waals surface area contributed by atoms with Crippen molar-refractivity contribution in [3.63, 3.8) is 0 Å². The number of anilines is 3. The summed E-state index contributed by atoms with van der Waals surface area (Å²) in [5.41, 5.74) is 17.4. The lowest BCUT2D eigenvalue weighted by atomic mass is 9.82. The van der Waals surface area contributed by atoms with Gasteiger partial charge in [-0.3, -0.25) is 0 Å². The van der Waals surface area contributed by atoms with Crippen LogP contribution in [0.15, 0.2) is 182 Å². The van der Waals surface area contributed by atoms with E-state index >= 15 is 0 Å². The molecule has 2 aliphatic rings. The van der Waals surface area contributed by atoms with Gasteiger partial charge in [0.25, 0.3) is 0 Å². The summed E-state index contributed by atoms with van der Waals surface area (Å²) in [6, 6.07) is 60.4. The minimum atomic E-state index is -0.0800. The molecule has 2 aliphatic carbocycles. The van der Waals surface area contributed by atoms with Gasteiger partial charge in [0.15, 0.2) is 0 Å². The average Bonchev–Trinajstić information content (AvgIpc) is 3.70. The van der Waals surface area contributed by atoms with E-state index in [2.05, 4.69) is 205 Å². The van der Waals surface area contributed by atoms with Crippen molar-refractivity contribution in [3.8, 4) is 27.9 Å². The molecule has 0 aliphatic heterocycles. The number of para-hydroxylation sites is 2. The molecule has 0 N–H and O–H groups in total. The van der Waals surface area contributed by atoms with Gasteiger partial charge >= 0.3 is 0 Å². The van der Waals surface area contributed by atoms with Crippen LogP contribution < -0.4 is 4.90 Å². The molecule has 0 saturated carbocycles. The van der Waals surface area contributed by atoms with Gasteiger partial charge in [-0.25, -0.2) is 0 Å². The van der Waals surface area contributed by atoms with Crippen molar-refractivity contribution in [1.29, 1.82) is 0 Å². The Bertz CT molecular complexity index is 2720. The second kappa shape index (κ2) is 14.1. The Hall–Kier alpha value is -6.38. The third-order valence-electron chi connectivity index (χ3n) is 11.4. The average molecular weight is 711 g/mol. The van der Waals surface area contributed by atoms with Crippen molar-refractivity contribution in [1.82, 2.24) is 4.57 Å². The topological polar surface area (TPSA) is 8.17 Å². The van der Waals surface area contributed by atoms with Crippen molar-refractivity contribution in [2.45, 2.75) is 46.0 Å². The normalized spacial score (nSPS) is 13.9. The third-order valence-corrected chi connectivity index (χ3v) is 11.4. The molecule has 0 fully saturated rings. The van der Waals surface area contributed by atoms with E-state index in [0.717, 1.165) is 29.9 Å². The highest BCUT2D eigenvalue weighted by atomic mass is 15.1. The van der Waals surface area contributed by atoms with E-state index in [4.69, 9.17) is 0 Å². The van der Waals surface area contributed by atoms with Gasteiger partial charge in [0.05, 0.1) is 11.0 Å². The minimum Gasteiger partial charge on any atom is -0.310 e. The lowest BCUT2D eigenvalue weighted by Gasteiger charge is -2.28. The standard InChI is InChI=1S/C51H40N2.C2H6/c1-51(2)47-19-11-9-17-43(47)44-31-30-42(34-48(44)51)52(40-26-21-36(22-27-40)35-13-5-3-6-14-35)41-28-23-37(24-29-41)38-25-32-50-46(33-38)45-18-10-12-20-49(45)53(50)39-15-7-4-8-16-39;1-2/h4-5,7-34H,3,6H2,1-2H3;1-2H3. The minimum absolute atomic E-state index is 0.0800. The van der Waals surface area contributed by atoms with E-state index < -0.39 is 0 Å². The zero-order valence-corrected chi connectivity index (χ0v) is 32.1. The Balaban J connectivity index is 0.00000195. The fraction of sp³-hybridized carbons (Fsp3) is 0.132. The number of allylic oxidation sites excluding steroid dienone is 4. The smallest absolute Gasteiger partial charge is 0.0541 e. The lowest BCUT2D eigenvalue weighted by molar-refractivity contribution is 0.660. The summed E-state index contributed by atoms with van der Waals surface area (Å²) in [6.07, 6.45) is 9.10. The maximum absolute atomic E-state index is 2.42. The van der Waals surface area contributed by atoms with Gasteiger partial charge in [0.2, 0.25) is 0 Å². The molecule has 268 valence electrons. The summed E-state index contributed by atoms with van der Waals surface area (Å²) in [5, 5.41) is 2.53. The Kier molecular flexibility index (Phi) is 8.83. The van der Waals surface area contributed by atoms with Gasteiger partial charge in [-0.1, -0.05) is 143 Å². The second-order valence-electron chi connectivity index (χ2n) is 14.9. The van der Waals surface area contributed by atoms with Gasteiger partial charge in [-0.05, 0) is 124 Å². The van der Waals surface area contributed by atoms with Crippen molar-refractivity contribution in [2.24, 2.45) is 0 Å². The molecule has 7 aromatic carbocycles. The predicted octanol–water partition coefficient (Wildman–Crippen LogP) is 15.0. The molecule has 0 amide bonds. The van der Waals surface area contributed by atoms with E-state index in [1.54, 1.807) is 0 Å². The van der Waals surface area contributed by atoms with Crippen LogP contribution in [0.5, 0.6) is 0 Å². The molecule has 0 unspecified atom stereocenters. The van der Waals surface area contributed by atoms with Gasteiger partial charge in [0.1, 0.15) is 0 Å². The zero-order valence-electron chi connectivity index (χ0n) is 32.1. The number of aromatic nitrogens is 1. The highest BCUT2D eigenvalue weighted by molar-refractivity contribution is 6.10. The van der Waals surface area contributed by atoms with Gasteiger partial charge in [-0.2, -0.15) is 0 Å². The largest absolute Gasteiger partial charge is 0.310 e. The Labute approximate surface area is 325 Å². The van der Waals surface area contributed by atoms with Crippen LogP contribution in [0, 0.1) is 0 Å². The predicted molar refractivity (Wildman–Crippen MR) is 236 cm³/mol. The Morgan fingerprint density at radius 1 is 0.491 bits per heavy atom. The quantitative estimate of drug-likeness (QED) is 0.167. The van der Waals surface area contributed by atoms with Crippen LogP contribution in [0.2, 0.25) is 0 Å². The van der Waals surface area contributed by atoms with Gasteiger partial charge in [-0.15, -0.1) is 0 Å². The van der Waals surface area contributed by atoms with Crippen LogP contribution in [-0.4, -0.2) is 4.57 Å². The van der Waals surface area contributed by atoms with Crippen LogP contribution in [0.25, 0.3) is 55.3 Å². The van der Waals surface area contributed by atoms with E-state index in [1.807, 2.05) is 13.8 Å². The monoisotopic (exact) mass is 710 g/mol. The van der Waals surface area contributed by atoms with Crippen LogP contribution in [0.1, 0.15) is 57.2 Å². The first-order valence-electron chi connectivity index (χ1n) is 19.8. The van der Waals surface area contributed by atoms with Crippen molar-refractivity contribution >= 4 is 44.4 Å². The number of fused-ring (bicyclic) bond motifs is 6. The number of benzene rings is 7. The van der Waals surface area contributed by atoms with Crippen LogP contribution >= 0.6 is 0 Å². The molecule has 1 aromatic heterocycles. The first-order chi connectivity index (χ1) is 27.0. The second-order valence-corrected chi connectivity index (χ2v) is 14.9. The Morgan fingerprint density at radius 2 is 1.11 bits per heavy atom. The molecule has 1 heterocycles. The van der Waals surface area contributed by atoms with E-state index in [-0.39, 0.29) is 5.41 Å². The van der Waals surface area contributed by atoms with Crippen molar-refractivity contribution in [2.75, 3.05) is 4.90 Å². The summed E-state index contributed by atoms with van der Waals surface area (Å²) < 4.78 is 2.37. The molecule has 0 bridgehead atoms. The molecule has 0 spiro atoms. The summed E-state index contributed by atoms with van der Waals surface area (Å²) in [4.78, 5) is 2.41. The highest BCUT2D eigenvalue weighted by Crippen LogP contribution is 2.50. The highest BCUT2D eigenvalue weighted by Gasteiger charge is 2.35. The molecular formula is C53H46N2. The summed E-state index contributed by atoms with van der Waals surface area (Å²) >= 11 is 0. The molecular weight excluding hydrogens is 665 g/mol. The van der Waals surface area contributed by atoms with E-state index in [1.165, 1.54) is 72.0 Å². The molecule has 2 heteroatoms. The number of rotatable bonds is 6. The first-order valence-corrected chi connectivity index (χ1v) is 19.8. The van der Waals surface area contributed by atoms with Gasteiger partial charge < -0.3 is 9.47 Å². The maximum atomic E-state index is 2.42. The number of nitrogens with zero attached hydrogens (tertiary/aromatic N) is 2. The van der Waals surface area contributed by atoms with Crippen molar-refractivity contribution < 1.29 is 0 Å². The Morgan fingerprint density at radius 3 is 1.85 bits per heavy atom. The van der Waals surface area contributed by atoms with E-state index in [9.17, 15) is 0 Å². The molecule has 10 rings (SSSR count). The first kappa shape index (κ1) is 34.4. The molecule has 2 nitrogen and oxygen atoms in total. The SMILES string of the molecule is CC.CC1(C)c2ccccc2-c2ccc(N(c3ccc(C4=CCCC=C4)cc3)c3ccc(-c4ccc5c(c4)c4ccccc4n5-c4ccccc4)cc3)cc21. The third kappa shape index (κ3) is 5.90. The zero-order chi connectivity index (χ0) is 37.5. The van der Waals surface area contributed by atoms with Gasteiger partial charge in [0, 0.05) is 38.9 Å². The lowest BCUT2D eigenvalue weighted by Crippen LogP contribution is -2.16. The molecule has 0 atom stereocenters. The molecule has 0 radical (unpaired) electrons. The molecule has 8 aromatic rings. The number of hydrogen-bond acceptors (Lipinski definition) is 1. The van der Waals surface area contributed by atoms with Crippen LogP contribution in [0.3, 0.4) is 0 Å². The van der Waals surface area contributed by atoms with E-state index in [0.29, 0.717) is 0 Å². The fourth-order valence-electron chi connectivity index (χ4n) is 8.72. The van der Waals surface area contributed by atoms with Crippen molar-refractivity contribution in [3.05, 3.63) is 199 Å². The number of hydrogen-bond donors (Lipinski definition) is 0. The summed E-state index contributed by atoms with van der Waals surface area (Å²) in [6.45, 7) is 8.71. The molecule has 55 heavy (non-hydrogen) atoms. The van der Waals surface area contributed by atoms with Crippen LogP contribution in [-0.2, 0) is 5.41 Å².